The first kappa shape index (κ1) is 17.6. The van der Waals surface area contributed by atoms with E-state index in [0.29, 0.717) is 6.54 Å². The number of amidine groups is 1. The summed E-state index contributed by atoms with van der Waals surface area (Å²) in [6.07, 6.45) is 1.10. The number of hydrogen-bond acceptors (Lipinski definition) is 3. The van der Waals surface area contributed by atoms with Crippen molar-refractivity contribution in [1.82, 2.24) is 0 Å². The second-order valence-corrected chi connectivity index (χ2v) is 8.64. The van der Waals surface area contributed by atoms with Crippen molar-refractivity contribution in [3.63, 3.8) is 0 Å². The molecule has 0 fully saturated rings. The number of aliphatic hydroxyl groups is 1. The summed E-state index contributed by atoms with van der Waals surface area (Å²) in [5.74, 6) is 1.11. The maximum atomic E-state index is 11.9. The van der Waals surface area contributed by atoms with Crippen molar-refractivity contribution in [3.8, 4) is 0 Å². The second kappa shape index (κ2) is 6.43. The van der Waals surface area contributed by atoms with Gasteiger partial charge < -0.3 is 5.11 Å². The van der Waals surface area contributed by atoms with Crippen molar-refractivity contribution < 1.29 is 9.68 Å². The smallest absolute Gasteiger partial charge is 0.316 e. The van der Waals surface area contributed by atoms with Crippen LogP contribution < -0.4 is 4.90 Å². The summed E-state index contributed by atoms with van der Waals surface area (Å²) in [5, 5.41) is 13.1. The first-order valence-corrected chi connectivity index (χ1v) is 10.3. The van der Waals surface area contributed by atoms with Gasteiger partial charge in [-0.3, -0.25) is 0 Å². The number of hydrogen-bond donors (Lipinski definition) is 1. The van der Waals surface area contributed by atoms with Crippen LogP contribution in [0.15, 0.2) is 36.4 Å². The van der Waals surface area contributed by atoms with Gasteiger partial charge >= 0.3 is 5.17 Å². The lowest BCUT2D eigenvalue weighted by Gasteiger charge is -2.26. The Hall–Kier alpha value is -1.78. The molecule has 0 amide bonds. The molecule has 0 radical (unpaired) electrons. The van der Waals surface area contributed by atoms with Gasteiger partial charge in [0.05, 0.1) is 6.54 Å². The van der Waals surface area contributed by atoms with Crippen molar-refractivity contribution in [1.29, 1.82) is 0 Å². The summed E-state index contributed by atoms with van der Waals surface area (Å²) in [5.41, 5.74) is 6.22. The van der Waals surface area contributed by atoms with E-state index in [9.17, 15) is 5.11 Å². The molecule has 136 valence electrons. The van der Waals surface area contributed by atoms with Crippen LogP contribution >= 0.6 is 11.8 Å². The summed E-state index contributed by atoms with van der Waals surface area (Å²) in [6, 6.07) is 12.8. The predicted octanol–water partition coefficient (Wildman–Crippen LogP) is 4.09. The van der Waals surface area contributed by atoms with Crippen molar-refractivity contribution in [2.75, 3.05) is 23.7 Å². The first-order chi connectivity index (χ1) is 12.4. The fraction of sp³-hybridized carbons (Fsp3) is 0.409. The molecule has 3 nitrogen and oxygen atoms in total. The van der Waals surface area contributed by atoms with Gasteiger partial charge in [0, 0.05) is 11.3 Å². The molecule has 4 rings (SSSR count). The van der Waals surface area contributed by atoms with Gasteiger partial charge in [-0.05, 0) is 68.6 Å². The molecule has 2 aromatic carbocycles. The Morgan fingerprint density at radius 2 is 1.88 bits per heavy atom. The van der Waals surface area contributed by atoms with Crippen LogP contribution in [-0.2, 0) is 5.72 Å². The molecular weight excluding hydrogens is 340 g/mol. The molecule has 0 bridgehead atoms. The number of thioether (sulfide) groups is 1. The van der Waals surface area contributed by atoms with Gasteiger partial charge in [-0.2, -0.15) is 0 Å². The second-order valence-electron chi connectivity index (χ2n) is 7.58. The molecule has 1 atom stereocenters. The highest BCUT2D eigenvalue weighted by molar-refractivity contribution is 8.13. The summed E-state index contributed by atoms with van der Waals surface area (Å²) in [6.45, 7) is 10.0. The Morgan fingerprint density at radius 3 is 2.65 bits per heavy atom. The Bertz CT molecular complexity index is 905. The fourth-order valence-corrected chi connectivity index (χ4v) is 5.38. The summed E-state index contributed by atoms with van der Waals surface area (Å²) in [4.78, 5) is 2.32. The van der Waals surface area contributed by atoms with Crippen LogP contribution in [0.2, 0.25) is 0 Å². The van der Waals surface area contributed by atoms with Gasteiger partial charge in [-0.15, -0.1) is 0 Å². The summed E-state index contributed by atoms with van der Waals surface area (Å²) in [7, 11) is 0. The third-order valence-electron chi connectivity index (χ3n) is 5.72. The summed E-state index contributed by atoms with van der Waals surface area (Å²) < 4.78 is 2.22. The Morgan fingerprint density at radius 1 is 1.08 bits per heavy atom. The van der Waals surface area contributed by atoms with E-state index in [1.54, 1.807) is 0 Å². The third-order valence-corrected chi connectivity index (χ3v) is 6.92. The molecule has 2 heterocycles. The van der Waals surface area contributed by atoms with Gasteiger partial charge in [0.1, 0.15) is 5.69 Å². The maximum Gasteiger partial charge on any atom is 0.316 e. The van der Waals surface area contributed by atoms with E-state index in [1.807, 2.05) is 11.8 Å². The minimum atomic E-state index is -0.975. The normalized spacial score (nSPS) is 22.7. The lowest BCUT2D eigenvalue weighted by Crippen LogP contribution is -2.42. The number of anilines is 1. The summed E-state index contributed by atoms with van der Waals surface area (Å²) >= 11 is 1.87. The fourth-order valence-electron chi connectivity index (χ4n) is 4.21. The lowest BCUT2D eigenvalue weighted by atomic mass is 9.95. The van der Waals surface area contributed by atoms with E-state index in [4.69, 9.17) is 0 Å². The molecule has 2 aliphatic heterocycles. The Kier molecular flexibility index (Phi) is 4.36. The Labute approximate surface area is 160 Å². The molecular formula is C22H27N2OS+. The first-order valence-electron chi connectivity index (χ1n) is 9.33. The number of rotatable bonds is 2. The molecule has 0 saturated heterocycles. The van der Waals surface area contributed by atoms with E-state index < -0.39 is 5.72 Å². The molecule has 4 heteroatoms. The lowest BCUT2D eigenvalue weighted by molar-refractivity contribution is -0.656. The predicted molar refractivity (Wildman–Crippen MR) is 110 cm³/mol. The molecule has 26 heavy (non-hydrogen) atoms. The molecule has 2 aromatic rings. The van der Waals surface area contributed by atoms with E-state index in [-0.39, 0.29) is 0 Å². The average Bonchev–Trinajstić information content (AvgIpc) is 2.91. The molecule has 0 aromatic heterocycles. The molecule has 1 N–H and O–H groups in total. The SMILES string of the molecule is Cc1ccc([C@@]2(O)CN(c3cccc(C)c3C)C3=[N+]2CCCS3)c(C)c1. The van der Waals surface area contributed by atoms with Gasteiger partial charge in [0.25, 0.3) is 5.72 Å². The highest BCUT2D eigenvalue weighted by Crippen LogP contribution is 2.40. The van der Waals surface area contributed by atoms with Crippen LogP contribution in [-0.4, -0.2) is 33.7 Å². The van der Waals surface area contributed by atoms with Gasteiger partial charge in [0.15, 0.2) is 6.54 Å². The van der Waals surface area contributed by atoms with E-state index in [0.717, 1.165) is 29.8 Å². The van der Waals surface area contributed by atoms with E-state index in [1.165, 1.54) is 27.5 Å². The molecule has 0 aliphatic carbocycles. The largest absolute Gasteiger partial charge is 0.346 e. The highest BCUT2D eigenvalue weighted by Gasteiger charge is 2.54. The van der Waals surface area contributed by atoms with E-state index in [2.05, 4.69) is 73.6 Å². The number of β-amino-alcohol motifs (C(OH)–C–C–N with tert-alkyl or cyclic N) is 1. The number of benzene rings is 2. The quantitative estimate of drug-likeness (QED) is 0.810. The molecule has 0 unspecified atom stereocenters. The van der Waals surface area contributed by atoms with Crippen molar-refractivity contribution in [2.24, 2.45) is 0 Å². The molecule has 0 spiro atoms. The van der Waals surface area contributed by atoms with Crippen molar-refractivity contribution in [3.05, 3.63) is 64.2 Å². The monoisotopic (exact) mass is 367 g/mol. The number of aryl methyl sites for hydroxylation is 3. The molecule has 0 saturated carbocycles. The van der Waals surface area contributed by atoms with Crippen LogP contribution in [0.5, 0.6) is 0 Å². The van der Waals surface area contributed by atoms with Crippen molar-refractivity contribution >= 4 is 22.6 Å². The number of nitrogens with zero attached hydrogens (tertiary/aromatic N) is 2. The topological polar surface area (TPSA) is 26.5 Å². The van der Waals surface area contributed by atoms with Crippen molar-refractivity contribution in [2.45, 2.75) is 39.8 Å². The zero-order valence-corrected chi connectivity index (χ0v) is 16.9. The van der Waals surface area contributed by atoms with Crippen LogP contribution in [0.25, 0.3) is 0 Å². The van der Waals surface area contributed by atoms with Crippen LogP contribution in [0.4, 0.5) is 5.69 Å². The third kappa shape index (κ3) is 2.67. The van der Waals surface area contributed by atoms with Crippen LogP contribution in [0, 0.1) is 27.7 Å². The Balaban J connectivity index is 1.86. The maximum absolute atomic E-state index is 11.9. The minimum absolute atomic E-state index is 0.573. The molecule has 2 aliphatic rings. The van der Waals surface area contributed by atoms with Crippen LogP contribution in [0.1, 0.15) is 34.2 Å². The minimum Gasteiger partial charge on any atom is -0.346 e. The van der Waals surface area contributed by atoms with Gasteiger partial charge in [-0.1, -0.05) is 35.9 Å². The van der Waals surface area contributed by atoms with Gasteiger partial charge in [-0.25, -0.2) is 9.48 Å². The van der Waals surface area contributed by atoms with Crippen LogP contribution in [0.3, 0.4) is 0 Å². The zero-order valence-electron chi connectivity index (χ0n) is 16.0. The highest BCUT2D eigenvalue weighted by atomic mass is 32.2. The average molecular weight is 368 g/mol. The zero-order chi connectivity index (χ0) is 18.5. The standard InChI is InChI=1S/C22H27N2OS/c1-15-9-10-19(17(3)13-15)22(25)14-23(21-24(22)11-6-12-26-21)20-8-5-7-16(2)18(20)4/h5,7-10,13,25H,6,11-12,14H2,1-4H3/q+1/t22-/m0/s1. The van der Waals surface area contributed by atoms with Gasteiger partial charge in [0.2, 0.25) is 0 Å². The van der Waals surface area contributed by atoms with E-state index >= 15 is 0 Å².